The van der Waals surface area contributed by atoms with Gasteiger partial charge in [0.15, 0.2) is 5.76 Å². The number of nitrogens with zero attached hydrogens (tertiary/aromatic N) is 1. The van der Waals surface area contributed by atoms with E-state index in [1.54, 1.807) is 13.2 Å². The predicted molar refractivity (Wildman–Crippen MR) is 115 cm³/mol. The van der Waals surface area contributed by atoms with E-state index in [9.17, 15) is 9.59 Å². The molecule has 30 heavy (non-hydrogen) atoms. The highest BCUT2D eigenvalue weighted by Crippen LogP contribution is 2.22. The van der Waals surface area contributed by atoms with Gasteiger partial charge in [-0.05, 0) is 44.0 Å². The van der Waals surface area contributed by atoms with Gasteiger partial charge in [-0.15, -0.1) is 0 Å². The first-order chi connectivity index (χ1) is 14.5. The van der Waals surface area contributed by atoms with Gasteiger partial charge < -0.3 is 19.4 Å². The van der Waals surface area contributed by atoms with Crippen molar-refractivity contribution in [2.24, 2.45) is 0 Å². The predicted octanol–water partition coefficient (Wildman–Crippen LogP) is 3.71. The van der Waals surface area contributed by atoms with Crippen LogP contribution < -0.4 is 10.1 Å². The van der Waals surface area contributed by atoms with Gasteiger partial charge in [0.1, 0.15) is 11.3 Å². The normalized spacial score (nSPS) is 14.7. The molecule has 1 aliphatic heterocycles. The van der Waals surface area contributed by atoms with Crippen molar-refractivity contribution < 1.29 is 18.7 Å². The van der Waals surface area contributed by atoms with E-state index in [0.29, 0.717) is 30.9 Å². The van der Waals surface area contributed by atoms with Crippen LogP contribution in [0.15, 0.2) is 52.9 Å². The Balaban J connectivity index is 1.31. The molecular weight excluding hydrogens is 380 g/mol. The summed E-state index contributed by atoms with van der Waals surface area (Å²) in [5.74, 6) is 0.930. The van der Waals surface area contributed by atoms with Gasteiger partial charge in [0.05, 0.1) is 13.5 Å². The lowest BCUT2D eigenvalue weighted by atomic mass is 10.0. The zero-order valence-electron chi connectivity index (χ0n) is 17.3. The number of amides is 2. The summed E-state index contributed by atoms with van der Waals surface area (Å²) in [5, 5.41) is 3.98. The molecule has 1 aliphatic rings. The summed E-state index contributed by atoms with van der Waals surface area (Å²) in [4.78, 5) is 27.1. The molecule has 1 fully saturated rings. The third kappa shape index (κ3) is 4.32. The summed E-state index contributed by atoms with van der Waals surface area (Å²) in [6.45, 7) is 3.26. The molecule has 2 amide bonds. The minimum atomic E-state index is -0.206. The van der Waals surface area contributed by atoms with E-state index < -0.39 is 0 Å². The lowest BCUT2D eigenvalue weighted by molar-refractivity contribution is -0.131. The van der Waals surface area contributed by atoms with Gasteiger partial charge in [-0.2, -0.15) is 0 Å². The second kappa shape index (κ2) is 8.61. The molecule has 1 aromatic heterocycles. The Bertz CT molecular complexity index is 1060. The fraction of sp³-hybridized carbons (Fsp3) is 0.333. The Morgan fingerprint density at radius 2 is 1.90 bits per heavy atom. The number of carbonyl (C=O) groups is 2. The number of carbonyl (C=O) groups excluding carboxylic acids is 2. The maximum atomic E-state index is 12.7. The highest BCUT2D eigenvalue weighted by atomic mass is 16.5. The number of methoxy groups -OCH3 is 1. The molecule has 1 saturated heterocycles. The molecule has 1 N–H and O–H groups in total. The van der Waals surface area contributed by atoms with Crippen molar-refractivity contribution in [3.05, 3.63) is 65.4 Å². The minimum absolute atomic E-state index is 0.0303. The molecule has 0 atom stereocenters. The van der Waals surface area contributed by atoms with Crippen molar-refractivity contribution in [3.63, 3.8) is 0 Å². The molecule has 0 unspecified atom stereocenters. The Kier molecular flexibility index (Phi) is 5.74. The van der Waals surface area contributed by atoms with Gasteiger partial charge in [-0.25, -0.2) is 0 Å². The van der Waals surface area contributed by atoms with E-state index in [1.165, 1.54) is 0 Å². The summed E-state index contributed by atoms with van der Waals surface area (Å²) in [7, 11) is 1.61. The van der Waals surface area contributed by atoms with Gasteiger partial charge in [0.25, 0.3) is 5.91 Å². The highest BCUT2D eigenvalue weighted by Gasteiger charge is 2.25. The molecule has 0 aliphatic carbocycles. The summed E-state index contributed by atoms with van der Waals surface area (Å²) in [6.07, 6.45) is 1.77. The van der Waals surface area contributed by atoms with Crippen LogP contribution in [0.5, 0.6) is 5.75 Å². The van der Waals surface area contributed by atoms with Gasteiger partial charge in [-0.1, -0.05) is 29.8 Å². The number of hydrogen-bond donors (Lipinski definition) is 1. The van der Waals surface area contributed by atoms with Gasteiger partial charge in [0.2, 0.25) is 5.91 Å². The van der Waals surface area contributed by atoms with Crippen molar-refractivity contribution in [1.29, 1.82) is 0 Å². The van der Waals surface area contributed by atoms with E-state index in [0.717, 1.165) is 35.1 Å². The number of ether oxygens (including phenoxy) is 1. The number of rotatable bonds is 5. The molecule has 6 nitrogen and oxygen atoms in total. The van der Waals surface area contributed by atoms with Crippen LogP contribution in [-0.4, -0.2) is 43.0 Å². The SMILES string of the molecule is COc1ccccc1CC(=O)N1CCC(NC(=O)c2cc3cc(C)ccc3o2)CC1. The number of para-hydroxylation sites is 1. The zero-order valence-corrected chi connectivity index (χ0v) is 17.3. The second-order valence-electron chi connectivity index (χ2n) is 7.77. The van der Waals surface area contributed by atoms with Crippen molar-refractivity contribution >= 4 is 22.8 Å². The van der Waals surface area contributed by atoms with Crippen molar-refractivity contribution in [2.45, 2.75) is 32.2 Å². The molecule has 2 aromatic carbocycles. The molecule has 0 bridgehead atoms. The van der Waals surface area contributed by atoms with E-state index in [4.69, 9.17) is 9.15 Å². The molecule has 0 spiro atoms. The number of nitrogens with one attached hydrogen (secondary N) is 1. The molecule has 6 heteroatoms. The van der Waals surface area contributed by atoms with Gasteiger partial charge in [0, 0.05) is 30.1 Å². The Morgan fingerprint density at radius 1 is 1.13 bits per heavy atom. The quantitative estimate of drug-likeness (QED) is 0.701. The van der Waals surface area contributed by atoms with Crippen LogP contribution in [0.1, 0.15) is 34.5 Å². The third-order valence-corrected chi connectivity index (χ3v) is 5.61. The van der Waals surface area contributed by atoms with Crippen LogP contribution >= 0.6 is 0 Å². The van der Waals surface area contributed by atoms with Gasteiger partial charge in [-0.3, -0.25) is 9.59 Å². The van der Waals surface area contributed by atoms with Crippen molar-refractivity contribution in [2.75, 3.05) is 20.2 Å². The van der Waals surface area contributed by atoms with Crippen LogP contribution in [-0.2, 0) is 11.2 Å². The van der Waals surface area contributed by atoms with E-state index in [-0.39, 0.29) is 17.9 Å². The molecule has 2 heterocycles. The van der Waals surface area contributed by atoms with Crippen LogP contribution in [0.25, 0.3) is 11.0 Å². The summed E-state index contributed by atoms with van der Waals surface area (Å²) >= 11 is 0. The lowest BCUT2D eigenvalue weighted by Crippen LogP contribution is -2.46. The number of aryl methyl sites for hydroxylation is 1. The number of hydrogen-bond acceptors (Lipinski definition) is 4. The average molecular weight is 406 g/mol. The molecule has 4 rings (SSSR count). The number of furan rings is 1. The molecule has 0 saturated carbocycles. The van der Waals surface area contributed by atoms with Gasteiger partial charge >= 0.3 is 0 Å². The summed E-state index contributed by atoms with van der Waals surface area (Å²) in [5.41, 5.74) is 2.73. The zero-order chi connectivity index (χ0) is 21.1. The number of piperidine rings is 1. The van der Waals surface area contributed by atoms with Crippen LogP contribution in [0.2, 0.25) is 0 Å². The topological polar surface area (TPSA) is 71.8 Å². The average Bonchev–Trinajstić information content (AvgIpc) is 3.18. The second-order valence-corrected chi connectivity index (χ2v) is 7.77. The Hall–Kier alpha value is -3.28. The highest BCUT2D eigenvalue weighted by molar-refractivity contribution is 5.96. The number of benzene rings is 2. The maximum Gasteiger partial charge on any atom is 0.287 e. The molecular formula is C24H26N2O4. The third-order valence-electron chi connectivity index (χ3n) is 5.61. The maximum absolute atomic E-state index is 12.7. The number of fused-ring (bicyclic) bond motifs is 1. The van der Waals surface area contributed by atoms with Crippen LogP contribution in [0.3, 0.4) is 0 Å². The number of likely N-dealkylation sites (tertiary alicyclic amines) is 1. The Morgan fingerprint density at radius 3 is 2.67 bits per heavy atom. The lowest BCUT2D eigenvalue weighted by Gasteiger charge is -2.32. The molecule has 0 radical (unpaired) electrons. The summed E-state index contributed by atoms with van der Waals surface area (Å²) in [6, 6.07) is 15.2. The first-order valence-corrected chi connectivity index (χ1v) is 10.2. The monoisotopic (exact) mass is 406 g/mol. The molecule has 3 aromatic rings. The summed E-state index contributed by atoms with van der Waals surface area (Å²) < 4.78 is 11.0. The van der Waals surface area contributed by atoms with Crippen molar-refractivity contribution in [1.82, 2.24) is 10.2 Å². The molecule has 156 valence electrons. The minimum Gasteiger partial charge on any atom is -0.496 e. The van der Waals surface area contributed by atoms with Crippen LogP contribution in [0.4, 0.5) is 0 Å². The van der Waals surface area contributed by atoms with E-state index >= 15 is 0 Å². The largest absolute Gasteiger partial charge is 0.496 e. The standard InChI is InChI=1S/C24H26N2O4/c1-16-7-8-21-18(13-16)14-22(30-21)24(28)25-19-9-11-26(12-10-19)23(27)15-17-5-3-4-6-20(17)29-2/h3-8,13-14,19H,9-12,15H2,1-2H3,(H,25,28). The van der Waals surface area contributed by atoms with Crippen LogP contribution in [0, 0.1) is 6.92 Å². The van der Waals surface area contributed by atoms with E-state index in [1.807, 2.05) is 54.3 Å². The smallest absolute Gasteiger partial charge is 0.287 e. The van der Waals surface area contributed by atoms with E-state index in [2.05, 4.69) is 5.32 Å². The van der Waals surface area contributed by atoms with Crippen molar-refractivity contribution in [3.8, 4) is 5.75 Å². The first kappa shape index (κ1) is 20.0. The first-order valence-electron chi connectivity index (χ1n) is 10.2. The fourth-order valence-corrected chi connectivity index (χ4v) is 3.93. The Labute approximate surface area is 175 Å². The fourth-order valence-electron chi connectivity index (χ4n) is 3.93.